The average Bonchev–Trinajstić information content (AvgIpc) is 2.00. The molecule has 0 radical (unpaired) electrons. The molecule has 0 fully saturated rings. The molecular formula is C7H7Cl2NO2. The minimum absolute atomic E-state index is 0.0968. The third-order valence-corrected chi connectivity index (χ3v) is 1.75. The first-order valence-electron chi connectivity index (χ1n) is 3.19. The van der Waals surface area contributed by atoms with Crippen LogP contribution in [0.3, 0.4) is 0 Å². The molecule has 0 unspecified atom stereocenters. The number of halogens is 2. The molecule has 0 spiro atoms. The van der Waals surface area contributed by atoms with Gasteiger partial charge in [-0.3, -0.25) is 9.36 Å². The Kier molecular flexibility index (Phi) is 3.14. The first kappa shape index (κ1) is 9.58. The fraction of sp³-hybridized carbons (Fsp3) is 0.286. The molecule has 1 aromatic heterocycles. The molecule has 5 heteroatoms. The molecule has 0 aromatic carbocycles. The summed E-state index contributed by atoms with van der Waals surface area (Å²) in [4.78, 5) is 11.2. The highest BCUT2D eigenvalue weighted by Crippen LogP contribution is 2.10. The van der Waals surface area contributed by atoms with Crippen LogP contribution in [0, 0.1) is 0 Å². The maximum Gasteiger partial charge on any atom is 0.271 e. The Balaban J connectivity index is 3.19. The topological polar surface area (TPSA) is 31.2 Å². The van der Waals surface area contributed by atoms with Gasteiger partial charge in [0.15, 0.2) is 0 Å². The number of hydrogen-bond donors (Lipinski definition) is 0. The first-order chi connectivity index (χ1) is 5.65. The second kappa shape index (κ2) is 3.94. The number of hydrogen-bond acceptors (Lipinski definition) is 2. The number of methoxy groups -OCH3 is 1. The third kappa shape index (κ3) is 2.00. The van der Waals surface area contributed by atoms with Gasteiger partial charge in [-0.2, -0.15) is 0 Å². The van der Waals surface area contributed by atoms with Crippen molar-refractivity contribution in [2.24, 2.45) is 0 Å². The van der Waals surface area contributed by atoms with Crippen molar-refractivity contribution in [2.75, 3.05) is 7.11 Å². The van der Waals surface area contributed by atoms with Gasteiger partial charge in [0.05, 0.1) is 5.02 Å². The zero-order valence-electron chi connectivity index (χ0n) is 6.38. The third-order valence-electron chi connectivity index (χ3n) is 1.28. The van der Waals surface area contributed by atoms with Gasteiger partial charge in [0.2, 0.25) is 0 Å². The second-order valence-electron chi connectivity index (χ2n) is 2.20. The molecule has 1 heterocycles. The lowest BCUT2D eigenvalue weighted by Crippen LogP contribution is -2.20. The Bertz CT molecular complexity index is 335. The molecule has 1 aromatic rings. The summed E-state index contributed by atoms with van der Waals surface area (Å²) in [7, 11) is 1.49. The van der Waals surface area contributed by atoms with Gasteiger partial charge in [-0.15, -0.1) is 0 Å². The number of ether oxygens (including phenoxy) is 1. The van der Waals surface area contributed by atoms with Crippen LogP contribution in [-0.2, 0) is 11.5 Å². The van der Waals surface area contributed by atoms with E-state index in [0.717, 1.165) is 0 Å². The molecule has 0 amide bonds. The standard InChI is InChI=1S/C7H7Cl2NO2/c1-12-4-10-3-5(8)2-6(9)7(10)11/h2-3H,4H2,1H3. The minimum atomic E-state index is -0.303. The Morgan fingerprint density at radius 1 is 1.58 bits per heavy atom. The Hall–Kier alpha value is -0.510. The Morgan fingerprint density at radius 2 is 2.25 bits per heavy atom. The summed E-state index contributed by atoms with van der Waals surface area (Å²) in [5, 5.41) is 0.510. The summed E-state index contributed by atoms with van der Waals surface area (Å²) in [6.07, 6.45) is 1.47. The second-order valence-corrected chi connectivity index (χ2v) is 3.04. The van der Waals surface area contributed by atoms with E-state index in [9.17, 15) is 4.79 Å². The summed E-state index contributed by atoms with van der Waals surface area (Å²) in [6, 6.07) is 1.40. The van der Waals surface area contributed by atoms with Gasteiger partial charge in [-0.1, -0.05) is 23.2 Å². The summed E-state index contributed by atoms with van der Waals surface area (Å²) in [5.74, 6) is 0. The molecule has 1 rings (SSSR count). The molecule has 0 N–H and O–H groups in total. The highest BCUT2D eigenvalue weighted by atomic mass is 35.5. The smallest absolute Gasteiger partial charge is 0.271 e. The molecule has 0 saturated carbocycles. The predicted octanol–water partition coefficient (Wildman–Crippen LogP) is 1.76. The van der Waals surface area contributed by atoms with Crippen molar-refractivity contribution >= 4 is 23.2 Å². The number of aromatic nitrogens is 1. The molecule has 0 atom stereocenters. The van der Waals surface area contributed by atoms with Crippen molar-refractivity contribution in [1.29, 1.82) is 0 Å². The van der Waals surface area contributed by atoms with E-state index in [1.54, 1.807) is 0 Å². The van der Waals surface area contributed by atoms with E-state index in [-0.39, 0.29) is 17.3 Å². The van der Waals surface area contributed by atoms with Crippen molar-refractivity contribution in [3.05, 3.63) is 32.7 Å². The molecule has 0 saturated heterocycles. The van der Waals surface area contributed by atoms with Gasteiger partial charge in [-0.25, -0.2) is 0 Å². The lowest BCUT2D eigenvalue weighted by Gasteiger charge is -2.04. The van der Waals surface area contributed by atoms with E-state index in [1.165, 1.54) is 23.9 Å². The zero-order chi connectivity index (χ0) is 9.14. The van der Waals surface area contributed by atoms with Crippen molar-refractivity contribution in [3.8, 4) is 0 Å². The molecule has 12 heavy (non-hydrogen) atoms. The highest BCUT2D eigenvalue weighted by Gasteiger charge is 2.02. The van der Waals surface area contributed by atoms with Crippen molar-refractivity contribution < 1.29 is 4.74 Å². The molecule has 66 valence electrons. The summed E-state index contributed by atoms with van der Waals surface area (Å²) < 4.78 is 6.06. The van der Waals surface area contributed by atoms with E-state index >= 15 is 0 Å². The van der Waals surface area contributed by atoms with E-state index in [4.69, 9.17) is 27.9 Å². The molecule has 0 aliphatic rings. The van der Waals surface area contributed by atoms with E-state index in [0.29, 0.717) is 5.02 Å². The normalized spacial score (nSPS) is 10.2. The summed E-state index contributed by atoms with van der Waals surface area (Å²) in [6.45, 7) is 0.152. The summed E-state index contributed by atoms with van der Waals surface area (Å²) in [5.41, 5.74) is -0.303. The average molecular weight is 208 g/mol. The van der Waals surface area contributed by atoms with Gasteiger partial charge in [0, 0.05) is 13.3 Å². The van der Waals surface area contributed by atoms with Crippen molar-refractivity contribution in [3.63, 3.8) is 0 Å². The minimum Gasteiger partial charge on any atom is -0.364 e. The monoisotopic (exact) mass is 207 g/mol. The maximum atomic E-state index is 11.2. The van der Waals surface area contributed by atoms with E-state index in [1.807, 2.05) is 0 Å². The molecule has 0 aliphatic carbocycles. The van der Waals surface area contributed by atoms with Gasteiger partial charge < -0.3 is 4.74 Å². The Labute approximate surface area is 79.5 Å². The van der Waals surface area contributed by atoms with Crippen LogP contribution in [0.1, 0.15) is 0 Å². The lowest BCUT2D eigenvalue weighted by atomic mass is 10.5. The Morgan fingerprint density at radius 3 is 2.83 bits per heavy atom. The molecule has 0 bridgehead atoms. The van der Waals surface area contributed by atoms with Crippen LogP contribution in [0.2, 0.25) is 10.0 Å². The quantitative estimate of drug-likeness (QED) is 0.741. The van der Waals surface area contributed by atoms with Crippen LogP contribution >= 0.6 is 23.2 Å². The van der Waals surface area contributed by atoms with Crippen LogP contribution in [-0.4, -0.2) is 11.7 Å². The van der Waals surface area contributed by atoms with E-state index < -0.39 is 0 Å². The van der Waals surface area contributed by atoms with Crippen molar-refractivity contribution in [2.45, 2.75) is 6.73 Å². The first-order valence-corrected chi connectivity index (χ1v) is 3.95. The molecule has 3 nitrogen and oxygen atoms in total. The highest BCUT2D eigenvalue weighted by molar-refractivity contribution is 6.34. The van der Waals surface area contributed by atoms with Crippen LogP contribution < -0.4 is 5.56 Å². The number of pyridine rings is 1. The number of nitrogens with zero attached hydrogens (tertiary/aromatic N) is 1. The van der Waals surface area contributed by atoms with Crippen LogP contribution in [0.15, 0.2) is 17.1 Å². The van der Waals surface area contributed by atoms with Gasteiger partial charge in [0.1, 0.15) is 11.8 Å². The molecular weight excluding hydrogens is 201 g/mol. The van der Waals surface area contributed by atoms with Gasteiger partial charge >= 0.3 is 0 Å². The SMILES string of the molecule is COCn1cc(Cl)cc(Cl)c1=O. The predicted molar refractivity (Wildman–Crippen MR) is 47.7 cm³/mol. The lowest BCUT2D eigenvalue weighted by molar-refractivity contribution is 0.128. The van der Waals surface area contributed by atoms with Gasteiger partial charge in [0.25, 0.3) is 5.56 Å². The van der Waals surface area contributed by atoms with Crippen LogP contribution in [0.4, 0.5) is 0 Å². The zero-order valence-corrected chi connectivity index (χ0v) is 7.89. The number of rotatable bonds is 2. The van der Waals surface area contributed by atoms with Gasteiger partial charge in [-0.05, 0) is 6.07 Å². The largest absolute Gasteiger partial charge is 0.364 e. The summed E-state index contributed by atoms with van der Waals surface area (Å²) >= 11 is 11.2. The van der Waals surface area contributed by atoms with Crippen LogP contribution in [0.25, 0.3) is 0 Å². The fourth-order valence-electron chi connectivity index (χ4n) is 0.800. The maximum absolute atomic E-state index is 11.2. The van der Waals surface area contributed by atoms with Crippen LogP contribution in [0.5, 0.6) is 0 Å². The van der Waals surface area contributed by atoms with E-state index in [2.05, 4.69) is 0 Å². The van der Waals surface area contributed by atoms with Crippen molar-refractivity contribution in [1.82, 2.24) is 4.57 Å². The fourth-order valence-corrected chi connectivity index (χ4v) is 1.31. The molecule has 0 aliphatic heterocycles.